The number of rotatable bonds is 4. The molecular formula is C19H24N2O3. The molecule has 5 heteroatoms. The Bertz CT molecular complexity index is 635. The van der Waals surface area contributed by atoms with Gasteiger partial charge in [0.2, 0.25) is 0 Å². The fraction of sp³-hybridized carbons (Fsp3) is 0.526. The van der Waals surface area contributed by atoms with E-state index in [2.05, 4.69) is 5.32 Å². The molecule has 1 aromatic rings. The lowest BCUT2D eigenvalue weighted by Gasteiger charge is -2.31. The van der Waals surface area contributed by atoms with Gasteiger partial charge in [0, 0.05) is 5.56 Å². The average molecular weight is 328 g/mol. The molecule has 1 aliphatic carbocycles. The highest BCUT2D eigenvalue weighted by Gasteiger charge is 2.52. The maximum Gasteiger partial charge on any atom is 0.325 e. The van der Waals surface area contributed by atoms with Crippen molar-refractivity contribution in [3.63, 3.8) is 0 Å². The minimum Gasteiger partial charge on any atom is -0.323 e. The number of urea groups is 1. The largest absolute Gasteiger partial charge is 0.325 e. The summed E-state index contributed by atoms with van der Waals surface area (Å²) >= 11 is 0. The van der Waals surface area contributed by atoms with Crippen LogP contribution < -0.4 is 5.32 Å². The van der Waals surface area contributed by atoms with Crippen molar-refractivity contribution >= 4 is 17.7 Å². The van der Waals surface area contributed by atoms with Crippen LogP contribution in [0.2, 0.25) is 0 Å². The molecule has 1 aromatic carbocycles. The molecule has 2 aliphatic rings. The minimum atomic E-state index is -0.877. The van der Waals surface area contributed by atoms with Crippen molar-refractivity contribution in [1.82, 2.24) is 10.2 Å². The third kappa shape index (κ3) is 3.07. The van der Waals surface area contributed by atoms with Crippen molar-refractivity contribution in [3.05, 3.63) is 35.9 Å². The molecule has 1 heterocycles. The van der Waals surface area contributed by atoms with Gasteiger partial charge in [-0.3, -0.25) is 14.5 Å². The highest BCUT2D eigenvalue weighted by atomic mass is 16.2. The number of Topliss-reactive ketones (excluding diaryl/α,β-unsaturated/α-hetero) is 1. The van der Waals surface area contributed by atoms with E-state index in [4.69, 9.17) is 0 Å². The Morgan fingerprint density at radius 1 is 1.12 bits per heavy atom. The van der Waals surface area contributed by atoms with Gasteiger partial charge in [-0.25, -0.2) is 4.79 Å². The number of carbonyl (C=O) groups excluding carboxylic acids is 3. The van der Waals surface area contributed by atoms with Crippen LogP contribution in [0.25, 0.3) is 0 Å². The van der Waals surface area contributed by atoms with Crippen LogP contribution in [-0.4, -0.2) is 34.7 Å². The molecular weight excluding hydrogens is 304 g/mol. The van der Waals surface area contributed by atoms with Gasteiger partial charge in [0.25, 0.3) is 5.91 Å². The predicted octanol–water partition coefficient (Wildman–Crippen LogP) is 3.15. The van der Waals surface area contributed by atoms with E-state index in [0.717, 1.165) is 30.6 Å². The third-order valence-corrected chi connectivity index (χ3v) is 5.37. The van der Waals surface area contributed by atoms with Crippen LogP contribution in [0.15, 0.2) is 30.3 Å². The molecule has 1 saturated heterocycles. The first-order valence-electron chi connectivity index (χ1n) is 8.75. The Morgan fingerprint density at radius 3 is 2.38 bits per heavy atom. The van der Waals surface area contributed by atoms with Crippen LogP contribution >= 0.6 is 0 Å². The highest BCUT2D eigenvalue weighted by Crippen LogP contribution is 2.35. The maximum atomic E-state index is 12.9. The zero-order valence-electron chi connectivity index (χ0n) is 14.1. The van der Waals surface area contributed by atoms with E-state index in [1.165, 1.54) is 12.8 Å². The van der Waals surface area contributed by atoms with E-state index in [1.54, 1.807) is 24.3 Å². The van der Waals surface area contributed by atoms with E-state index < -0.39 is 11.6 Å². The Kier molecular flexibility index (Phi) is 4.69. The highest BCUT2D eigenvalue weighted by molar-refractivity contribution is 6.11. The first-order chi connectivity index (χ1) is 11.5. The van der Waals surface area contributed by atoms with Crippen molar-refractivity contribution < 1.29 is 14.4 Å². The fourth-order valence-corrected chi connectivity index (χ4v) is 3.85. The molecule has 0 radical (unpaired) electrons. The lowest BCUT2D eigenvalue weighted by Crippen LogP contribution is -2.50. The number of hydrogen-bond acceptors (Lipinski definition) is 3. The minimum absolute atomic E-state index is 0.147. The molecule has 128 valence electrons. The van der Waals surface area contributed by atoms with E-state index >= 15 is 0 Å². The van der Waals surface area contributed by atoms with Crippen molar-refractivity contribution in [2.75, 3.05) is 6.54 Å². The number of nitrogens with one attached hydrogen (secondary N) is 1. The second-order valence-electron chi connectivity index (χ2n) is 7.00. The Balaban J connectivity index is 1.75. The number of benzene rings is 1. The fourth-order valence-electron chi connectivity index (χ4n) is 3.85. The number of ketones is 1. The Morgan fingerprint density at radius 2 is 1.75 bits per heavy atom. The molecule has 5 nitrogen and oxygen atoms in total. The van der Waals surface area contributed by atoms with Crippen molar-refractivity contribution in [2.45, 2.75) is 51.0 Å². The quantitative estimate of drug-likeness (QED) is 0.524. The van der Waals surface area contributed by atoms with Crippen LogP contribution in [0.5, 0.6) is 0 Å². The summed E-state index contributed by atoms with van der Waals surface area (Å²) in [6, 6.07) is 8.32. The van der Waals surface area contributed by atoms with Crippen molar-refractivity contribution in [1.29, 1.82) is 0 Å². The van der Waals surface area contributed by atoms with Crippen LogP contribution in [0.4, 0.5) is 4.79 Å². The molecule has 2 fully saturated rings. The average Bonchev–Trinajstić information content (AvgIpc) is 2.82. The standard InChI is InChI=1S/C19H24N2O3/c1-19(15-11-7-2-3-8-12-15)17(23)21(18(24)20-19)13-16(22)14-9-5-4-6-10-14/h4-6,9-10,15H,2-3,7-8,11-13H2,1H3,(H,20,24). The van der Waals surface area contributed by atoms with Gasteiger partial charge in [0.15, 0.2) is 5.78 Å². The van der Waals surface area contributed by atoms with Crippen LogP contribution in [0, 0.1) is 5.92 Å². The van der Waals surface area contributed by atoms with Crippen LogP contribution in [0.1, 0.15) is 55.8 Å². The summed E-state index contributed by atoms with van der Waals surface area (Å²) in [4.78, 5) is 38.7. The molecule has 1 saturated carbocycles. The van der Waals surface area contributed by atoms with E-state index in [-0.39, 0.29) is 24.2 Å². The second kappa shape index (κ2) is 6.75. The van der Waals surface area contributed by atoms with Crippen molar-refractivity contribution in [2.24, 2.45) is 5.92 Å². The number of nitrogens with zero attached hydrogens (tertiary/aromatic N) is 1. The first kappa shape index (κ1) is 16.7. The molecule has 0 aromatic heterocycles. The maximum absolute atomic E-state index is 12.9. The molecule has 1 aliphatic heterocycles. The number of imide groups is 1. The zero-order chi connectivity index (χ0) is 17.2. The molecule has 0 bridgehead atoms. The molecule has 24 heavy (non-hydrogen) atoms. The van der Waals surface area contributed by atoms with E-state index in [0.29, 0.717) is 5.56 Å². The predicted molar refractivity (Wildman–Crippen MR) is 90.6 cm³/mol. The molecule has 1 unspecified atom stereocenters. The van der Waals surface area contributed by atoms with Crippen molar-refractivity contribution in [3.8, 4) is 0 Å². The van der Waals surface area contributed by atoms with Gasteiger partial charge in [-0.05, 0) is 25.7 Å². The summed E-state index contributed by atoms with van der Waals surface area (Å²) in [7, 11) is 0. The number of amides is 3. The molecule has 3 amide bonds. The van der Waals surface area contributed by atoms with E-state index in [9.17, 15) is 14.4 Å². The summed E-state index contributed by atoms with van der Waals surface area (Å²) < 4.78 is 0. The molecule has 1 N–H and O–H groups in total. The summed E-state index contributed by atoms with van der Waals surface area (Å²) in [5.41, 5.74) is -0.362. The van der Waals surface area contributed by atoms with Crippen LogP contribution in [-0.2, 0) is 4.79 Å². The first-order valence-corrected chi connectivity index (χ1v) is 8.75. The van der Waals surface area contributed by atoms with Gasteiger partial charge < -0.3 is 5.32 Å². The topological polar surface area (TPSA) is 66.5 Å². The molecule has 0 spiro atoms. The van der Waals surface area contributed by atoms with Gasteiger partial charge in [-0.1, -0.05) is 56.0 Å². The van der Waals surface area contributed by atoms with Gasteiger partial charge in [-0.15, -0.1) is 0 Å². The Hall–Kier alpha value is -2.17. The van der Waals surface area contributed by atoms with Gasteiger partial charge >= 0.3 is 6.03 Å². The second-order valence-corrected chi connectivity index (χ2v) is 7.00. The lowest BCUT2D eigenvalue weighted by molar-refractivity contribution is -0.132. The van der Waals surface area contributed by atoms with Gasteiger partial charge in [0.05, 0.1) is 6.54 Å². The molecule has 3 rings (SSSR count). The van der Waals surface area contributed by atoms with Gasteiger partial charge in [0.1, 0.15) is 5.54 Å². The zero-order valence-corrected chi connectivity index (χ0v) is 14.1. The van der Waals surface area contributed by atoms with E-state index in [1.807, 2.05) is 13.0 Å². The van der Waals surface area contributed by atoms with Gasteiger partial charge in [-0.2, -0.15) is 0 Å². The smallest absolute Gasteiger partial charge is 0.323 e. The van der Waals surface area contributed by atoms with Crippen LogP contribution in [0.3, 0.4) is 0 Å². The SMILES string of the molecule is CC1(C2CCCCCC2)NC(=O)N(CC(=O)c2ccccc2)C1=O. The summed E-state index contributed by atoms with van der Waals surface area (Å²) in [5, 5.41) is 2.87. The Labute approximate surface area is 142 Å². The summed E-state index contributed by atoms with van der Waals surface area (Å²) in [5.74, 6) is -0.332. The normalized spacial score (nSPS) is 25.5. The molecule has 1 atom stereocenters. The lowest BCUT2D eigenvalue weighted by atomic mass is 9.80. The number of carbonyl (C=O) groups is 3. The monoisotopic (exact) mass is 328 g/mol. The number of hydrogen-bond donors (Lipinski definition) is 1. The summed E-state index contributed by atoms with van der Waals surface area (Å²) in [6.45, 7) is 1.62. The third-order valence-electron chi connectivity index (χ3n) is 5.37. The summed E-state index contributed by atoms with van der Waals surface area (Å²) in [6.07, 6.45) is 6.44.